The molecule has 0 bridgehead atoms. The average Bonchev–Trinajstić information content (AvgIpc) is 2.32. The van der Waals surface area contributed by atoms with E-state index < -0.39 is 5.97 Å². The maximum absolute atomic E-state index is 12.2. The number of nitrogens with one attached hydrogen (secondary N) is 1. The van der Waals surface area contributed by atoms with Gasteiger partial charge in [-0.2, -0.15) is 11.8 Å². The number of urea groups is 1. The molecule has 0 aromatic carbocycles. The largest absolute Gasteiger partial charge is 0.481 e. The highest BCUT2D eigenvalue weighted by atomic mass is 32.2. The van der Waals surface area contributed by atoms with Crippen molar-refractivity contribution in [2.75, 3.05) is 19.6 Å². The summed E-state index contributed by atoms with van der Waals surface area (Å²) in [6, 6.07) is -0.0619. The van der Waals surface area contributed by atoms with Crippen LogP contribution in [0.25, 0.3) is 0 Å². The first-order valence-corrected chi connectivity index (χ1v) is 8.62. The molecule has 0 aromatic heterocycles. The molecule has 0 aliphatic carbocycles. The van der Waals surface area contributed by atoms with Crippen molar-refractivity contribution in [1.82, 2.24) is 10.2 Å². The number of carbonyl (C=O) groups is 2. The summed E-state index contributed by atoms with van der Waals surface area (Å²) in [5.74, 6) is -0.371. The van der Waals surface area contributed by atoms with Crippen LogP contribution in [0.1, 0.15) is 40.5 Å². The predicted octanol–water partition coefficient (Wildman–Crippen LogP) is 2.66. The van der Waals surface area contributed by atoms with Crippen LogP contribution in [0.5, 0.6) is 0 Å². The number of carboxylic acids is 1. The average molecular weight is 316 g/mol. The zero-order valence-electron chi connectivity index (χ0n) is 13.5. The van der Waals surface area contributed by atoms with E-state index in [-0.39, 0.29) is 18.4 Å². The monoisotopic (exact) mass is 316 g/mol. The van der Waals surface area contributed by atoms with Crippen LogP contribution in [0, 0.1) is 11.8 Å². The molecule has 1 fully saturated rings. The van der Waals surface area contributed by atoms with Crippen molar-refractivity contribution >= 4 is 23.8 Å². The van der Waals surface area contributed by atoms with Crippen LogP contribution in [-0.2, 0) is 4.79 Å². The van der Waals surface area contributed by atoms with Crippen molar-refractivity contribution in [3.05, 3.63) is 0 Å². The van der Waals surface area contributed by atoms with Crippen LogP contribution in [-0.4, -0.2) is 52.1 Å². The van der Waals surface area contributed by atoms with Gasteiger partial charge in [-0.15, -0.1) is 0 Å². The van der Waals surface area contributed by atoms with Gasteiger partial charge < -0.3 is 15.3 Å². The van der Waals surface area contributed by atoms with Gasteiger partial charge in [0.05, 0.1) is 0 Å². The maximum atomic E-state index is 12.2. The lowest BCUT2D eigenvalue weighted by atomic mass is 9.94. The number of nitrogens with zero attached hydrogens (tertiary/aromatic N) is 1. The molecule has 1 aliphatic rings. The van der Waals surface area contributed by atoms with Crippen molar-refractivity contribution in [3.8, 4) is 0 Å². The summed E-state index contributed by atoms with van der Waals surface area (Å²) < 4.78 is 0. The standard InChI is InChI=1S/C15H28N2O3S/c1-10(2)5-13(6-14(18)19)7-16-15(20)17-8-11(3)21-12(4)9-17/h10-13H,5-9H2,1-4H3,(H,16,20)(H,18,19). The van der Waals surface area contributed by atoms with E-state index in [1.807, 2.05) is 16.7 Å². The molecule has 0 aromatic rings. The van der Waals surface area contributed by atoms with Gasteiger partial charge in [0, 0.05) is 36.6 Å². The second-order valence-corrected chi connectivity index (χ2v) is 8.32. The van der Waals surface area contributed by atoms with Crippen LogP contribution in [0.3, 0.4) is 0 Å². The Balaban J connectivity index is 2.46. The molecule has 1 rings (SSSR count). The Morgan fingerprint density at radius 3 is 2.33 bits per heavy atom. The van der Waals surface area contributed by atoms with Crippen molar-refractivity contribution in [2.24, 2.45) is 11.8 Å². The quantitative estimate of drug-likeness (QED) is 0.790. The lowest BCUT2D eigenvalue weighted by Gasteiger charge is -2.34. The fourth-order valence-corrected chi connectivity index (χ4v) is 4.16. The second kappa shape index (κ2) is 8.51. The molecular weight excluding hydrogens is 288 g/mol. The normalized spacial score (nSPS) is 24.0. The van der Waals surface area contributed by atoms with Gasteiger partial charge in [-0.25, -0.2) is 4.79 Å². The summed E-state index contributed by atoms with van der Waals surface area (Å²) in [5, 5.41) is 12.8. The lowest BCUT2D eigenvalue weighted by molar-refractivity contribution is -0.138. The van der Waals surface area contributed by atoms with Crippen LogP contribution < -0.4 is 5.32 Å². The van der Waals surface area contributed by atoms with E-state index in [1.165, 1.54) is 0 Å². The van der Waals surface area contributed by atoms with Crippen molar-refractivity contribution in [3.63, 3.8) is 0 Å². The highest BCUT2D eigenvalue weighted by Crippen LogP contribution is 2.24. The highest BCUT2D eigenvalue weighted by molar-refractivity contribution is 8.00. The molecule has 2 amide bonds. The zero-order chi connectivity index (χ0) is 16.0. The first kappa shape index (κ1) is 18.1. The predicted molar refractivity (Wildman–Crippen MR) is 86.7 cm³/mol. The molecule has 3 unspecified atom stereocenters. The summed E-state index contributed by atoms with van der Waals surface area (Å²) in [5.41, 5.74) is 0. The topological polar surface area (TPSA) is 69.6 Å². The SMILES string of the molecule is CC(C)CC(CNC(=O)N1CC(C)SC(C)C1)CC(=O)O. The number of carboxylic acid groups (broad SMARTS) is 1. The van der Waals surface area contributed by atoms with E-state index in [0.717, 1.165) is 19.5 Å². The molecule has 0 spiro atoms. The molecule has 6 heteroatoms. The number of hydrogen-bond acceptors (Lipinski definition) is 3. The van der Waals surface area contributed by atoms with Gasteiger partial charge in [-0.1, -0.05) is 27.7 Å². The first-order chi connectivity index (χ1) is 9.77. The van der Waals surface area contributed by atoms with E-state index in [2.05, 4.69) is 33.0 Å². The summed E-state index contributed by atoms with van der Waals surface area (Å²) >= 11 is 1.90. The molecule has 0 radical (unpaired) electrons. The Hall–Kier alpha value is -0.910. The van der Waals surface area contributed by atoms with Crippen LogP contribution >= 0.6 is 11.8 Å². The Bertz CT molecular complexity index is 353. The fourth-order valence-electron chi connectivity index (χ4n) is 2.84. The fraction of sp³-hybridized carbons (Fsp3) is 0.867. The van der Waals surface area contributed by atoms with Crippen LogP contribution in [0.15, 0.2) is 0 Å². The summed E-state index contributed by atoms with van der Waals surface area (Å²) in [6.45, 7) is 10.4. The lowest BCUT2D eigenvalue weighted by Crippen LogP contribution is -2.49. The molecule has 2 N–H and O–H groups in total. The van der Waals surface area contributed by atoms with Gasteiger partial charge in [-0.05, 0) is 18.3 Å². The molecule has 1 heterocycles. The Morgan fingerprint density at radius 2 is 1.86 bits per heavy atom. The molecular formula is C15H28N2O3S. The smallest absolute Gasteiger partial charge is 0.317 e. The molecule has 0 saturated carbocycles. The highest BCUT2D eigenvalue weighted by Gasteiger charge is 2.26. The molecule has 1 saturated heterocycles. The Labute approximate surface area is 131 Å². The van der Waals surface area contributed by atoms with E-state index in [4.69, 9.17) is 5.11 Å². The van der Waals surface area contributed by atoms with Crippen LogP contribution in [0.4, 0.5) is 4.79 Å². The van der Waals surface area contributed by atoms with Crippen molar-refractivity contribution < 1.29 is 14.7 Å². The number of amides is 2. The minimum Gasteiger partial charge on any atom is -0.481 e. The number of aliphatic carboxylic acids is 1. The van der Waals surface area contributed by atoms with Crippen molar-refractivity contribution in [1.29, 1.82) is 0 Å². The molecule has 5 nitrogen and oxygen atoms in total. The molecule has 3 atom stereocenters. The molecule has 21 heavy (non-hydrogen) atoms. The first-order valence-electron chi connectivity index (χ1n) is 7.68. The van der Waals surface area contributed by atoms with Crippen LogP contribution in [0.2, 0.25) is 0 Å². The van der Waals surface area contributed by atoms with E-state index in [0.29, 0.717) is 23.0 Å². The van der Waals surface area contributed by atoms with Gasteiger partial charge in [-0.3, -0.25) is 4.79 Å². The summed E-state index contributed by atoms with van der Waals surface area (Å²) in [7, 11) is 0. The minimum atomic E-state index is -0.800. The third-order valence-electron chi connectivity index (χ3n) is 3.52. The zero-order valence-corrected chi connectivity index (χ0v) is 14.3. The Kier molecular flexibility index (Phi) is 7.35. The minimum absolute atomic E-state index is 0.000428. The molecule has 1 aliphatic heterocycles. The van der Waals surface area contributed by atoms with Gasteiger partial charge >= 0.3 is 12.0 Å². The van der Waals surface area contributed by atoms with Gasteiger partial charge in [0.25, 0.3) is 0 Å². The number of rotatable bonds is 6. The van der Waals surface area contributed by atoms with E-state index >= 15 is 0 Å². The van der Waals surface area contributed by atoms with Gasteiger partial charge in [0.15, 0.2) is 0 Å². The summed E-state index contributed by atoms with van der Waals surface area (Å²) in [6.07, 6.45) is 0.927. The summed E-state index contributed by atoms with van der Waals surface area (Å²) in [4.78, 5) is 25.0. The third kappa shape index (κ3) is 7.07. The van der Waals surface area contributed by atoms with E-state index in [1.54, 1.807) is 0 Å². The van der Waals surface area contributed by atoms with Gasteiger partial charge in [0.1, 0.15) is 0 Å². The second-order valence-electron chi connectivity index (χ2n) is 6.44. The van der Waals surface area contributed by atoms with Crippen molar-refractivity contribution in [2.45, 2.75) is 51.0 Å². The number of carbonyl (C=O) groups excluding carboxylic acids is 1. The number of hydrogen-bond donors (Lipinski definition) is 2. The third-order valence-corrected chi connectivity index (χ3v) is 4.74. The van der Waals surface area contributed by atoms with Gasteiger partial charge in [0.2, 0.25) is 0 Å². The maximum Gasteiger partial charge on any atom is 0.317 e. The number of thioether (sulfide) groups is 1. The van der Waals surface area contributed by atoms with E-state index in [9.17, 15) is 9.59 Å². The molecule has 122 valence electrons. The Morgan fingerprint density at radius 1 is 1.29 bits per heavy atom.